The average Bonchev–Trinajstić information content (AvgIpc) is 2.59. The number of aromatic carboxylic acids is 1. The lowest BCUT2D eigenvalue weighted by atomic mass is 10.2. The summed E-state index contributed by atoms with van der Waals surface area (Å²) in [5, 5.41) is 8.67. The molecule has 0 spiro atoms. The highest BCUT2D eigenvalue weighted by Gasteiger charge is 2.17. The molecule has 1 aromatic heterocycles. The third-order valence-electron chi connectivity index (χ3n) is 2.07. The van der Waals surface area contributed by atoms with Gasteiger partial charge in [-0.15, -0.1) is 0 Å². The number of imidazole rings is 1. The van der Waals surface area contributed by atoms with Gasteiger partial charge in [-0.05, 0) is 12.1 Å². The van der Waals surface area contributed by atoms with Crippen molar-refractivity contribution in [2.45, 2.75) is 5.16 Å². The maximum atomic E-state index is 11.2. The van der Waals surface area contributed by atoms with Crippen LogP contribution in [0.3, 0.4) is 0 Å². The van der Waals surface area contributed by atoms with Crippen molar-refractivity contribution in [1.29, 1.82) is 0 Å². The van der Waals surface area contributed by atoms with Gasteiger partial charge in [0.2, 0.25) is 15.0 Å². The van der Waals surface area contributed by atoms with Crippen molar-refractivity contribution in [3.05, 3.63) is 23.8 Å². The molecule has 0 saturated heterocycles. The smallest absolute Gasteiger partial charge is 0.337 e. The molecular formula is C9H8N2O4S. The standard InChI is InChI=1S/C9H8N2O4S/c1-16(14,15)9-10-6-4-2-3-5(8(12)13)7(6)11-9/h2-4H,1H3,(H,10,11)(H,12,13). The molecule has 16 heavy (non-hydrogen) atoms. The van der Waals surface area contributed by atoms with Gasteiger partial charge in [0.1, 0.15) is 5.52 Å². The van der Waals surface area contributed by atoms with Crippen LogP contribution in [-0.2, 0) is 9.84 Å². The third-order valence-corrected chi connectivity index (χ3v) is 2.97. The van der Waals surface area contributed by atoms with Crippen LogP contribution < -0.4 is 0 Å². The second-order valence-electron chi connectivity index (χ2n) is 3.32. The summed E-state index contributed by atoms with van der Waals surface area (Å²) < 4.78 is 22.5. The first-order valence-electron chi connectivity index (χ1n) is 4.31. The number of carbonyl (C=O) groups is 1. The number of hydrogen-bond acceptors (Lipinski definition) is 4. The lowest BCUT2D eigenvalue weighted by Crippen LogP contribution is -1.99. The molecule has 0 radical (unpaired) electrons. The Hall–Kier alpha value is -1.89. The molecule has 0 aliphatic rings. The van der Waals surface area contributed by atoms with E-state index in [1.54, 1.807) is 6.07 Å². The minimum atomic E-state index is -3.47. The Bertz CT molecular complexity index is 672. The van der Waals surface area contributed by atoms with E-state index in [-0.39, 0.29) is 16.2 Å². The first kappa shape index (κ1) is 10.6. The zero-order valence-electron chi connectivity index (χ0n) is 8.26. The number of H-pyrrole nitrogens is 1. The first-order chi connectivity index (χ1) is 7.39. The van der Waals surface area contributed by atoms with Crippen LogP contribution in [0.2, 0.25) is 0 Å². The predicted molar refractivity (Wildman–Crippen MR) is 56.2 cm³/mol. The molecule has 1 heterocycles. The molecule has 0 atom stereocenters. The Morgan fingerprint density at radius 3 is 2.69 bits per heavy atom. The first-order valence-corrected chi connectivity index (χ1v) is 6.21. The van der Waals surface area contributed by atoms with Crippen LogP contribution in [0.25, 0.3) is 11.0 Å². The van der Waals surface area contributed by atoms with Crippen LogP contribution in [0.5, 0.6) is 0 Å². The number of benzene rings is 1. The molecule has 7 heteroatoms. The molecule has 2 rings (SSSR count). The number of hydrogen-bond donors (Lipinski definition) is 2. The van der Waals surface area contributed by atoms with E-state index in [2.05, 4.69) is 9.97 Å². The Morgan fingerprint density at radius 2 is 2.12 bits per heavy atom. The number of rotatable bonds is 2. The second kappa shape index (κ2) is 3.31. The zero-order chi connectivity index (χ0) is 11.9. The van der Waals surface area contributed by atoms with Crippen LogP contribution in [-0.4, -0.2) is 35.7 Å². The summed E-state index contributed by atoms with van der Waals surface area (Å²) in [6, 6.07) is 4.47. The quantitative estimate of drug-likeness (QED) is 0.803. The SMILES string of the molecule is CS(=O)(=O)c1nc2c(C(=O)O)cccc2[nH]1. The zero-order valence-corrected chi connectivity index (χ0v) is 9.08. The van der Waals surface area contributed by atoms with E-state index in [0.29, 0.717) is 5.52 Å². The van der Waals surface area contributed by atoms with E-state index in [4.69, 9.17) is 5.11 Å². The molecule has 6 nitrogen and oxygen atoms in total. The molecule has 0 fully saturated rings. The number of carboxylic acid groups (broad SMARTS) is 1. The van der Waals surface area contributed by atoms with Gasteiger partial charge in [0, 0.05) is 6.26 Å². The molecule has 84 valence electrons. The van der Waals surface area contributed by atoms with E-state index >= 15 is 0 Å². The van der Waals surface area contributed by atoms with Gasteiger partial charge in [0.15, 0.2) is 0 Å². The van der Waals surface area contributed by atoms with Crippen molar-refractivity contribution < 1.29 is 18.3 Å². The maximum Gasteiger partial charge on any atom is 0.337 e. The summed E-state index contributed by atoms with van der Waals surface area (Å²) in [6.07, 6.45) is 1.01. The molecule has 0 amide bonds. The topological polar surface area (TPSA) is 100 Å². The van der Waals surface area contributed by atoms with Gasteiger partial charge in [-0.1, -0.05) is 6.07 Å². The van der Waals surface area contributed by atoms with Crippen LogP contribution >= 0.6 is 0 Å². The van der Waals surface area contributed by atoms with Crippen molar-refractivity contribution in [2.24, 2.45) is 0 Å². The normalized spacial score (nSPS) is 11.8. The van der Waals surface area contributed by atoms with Crippen molar-refractivity contribution >= 4 is 26.8 Å². The van der Waals surface area contributed by atoms with Crippen LogP contribution in [0.15, 0.2) is 23.4 Å². The fourth-order valence-corrected chi connectivity index (χ4v) is 1.91. The number of para-hydroxylation sites is 1. The van der Waals surface area contributed by atoms with Crippen LogP contribution in [0, 0.1) is 0 Å². The van der Waals surface area contributed by atoms with Gasteiger partial charge in [-0.3, -0.25) is 0 Å². The van der Waals surface area contributed by atoms with Crippen molar-refractivity contribution in [3.8, 4) is 0 Å². The van der Waals surface area contributed by atoms with Crippen LogP contribution in [0.1, 0.15) is 10.4 Å². The number of nitrogens with zero attached hydrogens (tertiary/aromatic N) is 1. The minimum absolute atomic E-state index is 0.0244. The fraction of sp³-hybridized carbons (Fsp3) is 0.111. The molecule has 2 aromatic rings. The van der Waals surface area contributed by atoms with Gasteiger partial charge in [0.25, 0.3) is 0 Å². The summed E-state index contributed by atoms with van der Waals surface area (Å²) in [5.41, 5.74) is 0.513. The van der Waals surface area contributed by atoms with Gasteiger partial charge in [0.05, 0.1) is 11.1 Å². The minimum Gasteiger partial charge on any atom is -0.478 e. The van der Waals surface area contributed by atoms with Crippen LogP contribution in [0.4, 0.5) is 0 Å². The second-order valence-corrected chi connectivity index (χ2v) is 5.25. The lowest BCUT2D eigenvalue weighted by molar-refractivity contribution is 0.0699. The predicted octanol–water partition coefficient (Wildman–Crippen LogP) is 0.665. The number of fused-ring (bicyclic) bond motifs is 1. The van der Waals surface area contributed by atoms with Gasteiger partial charge < -0.3 is 10.1 Å². The largest absolute Gasteiger partial charge is 0.478 e. The van der Waals surface area contributed by atoms with Gasteiger partial charge in [-0.25, -0.2) is 18.2 Å². The molecule has 0 aliphatic carbocycles. The Balaban J connectivity index is 2.81. The molecule has 0 bridgehead atoms. The maximum absolute atomic E-state index is 11.2. The number of aromatic nitrogens is 2. The Kier molecular flexibility index (Phi) is 2.20. The number of carboxylic acids is 1. The van der Waals surface area contributed by atoms with E-state index < -0.39 is 15.8 Å². The summed E-state index contributed by atoms with van der Waals surface area (Å²) in [4.78, 5) is 17.2. The van der Waals surface area contributed by atoms with Crippen molar-refractivity contribution in [1.82, 2.24) is 9.97 Å². The highest BCUT2D eigenvalue weighted by Crippen LogP contribution is 2.18. The highest BCUT2D eigenvalue weighted by molar-refractivity contribution is 7.90. The van der Waals surface area contributed by atoms with Crippen molar-refractivity contribution in [2.75, 3.05) is 6.26 Å². The Morgan fingerprint density at radius 1 is 1.44 bits per heavy atom. The fourth-order valence-electron chi connectivity index (χ4n) is 1.36. The van der Waals surface area contributed by atoms with Crippen molar-refractivity contribution in [3.63, 3.8) is 0 Å². The number of sulfone groups is 1. The molecule has 2 N–H and O–H groups in total. The van der Waals surface area contributed by atoms with E-state index in [1.165, 1.54) is 12.1 Å². The summed E-state index contributed by atoms with van der Waals surface area (Å²) >= 11 is 0. The highest BCUT2D eigenvalue weighted by atomic mass is 32.2. The van der Waals surface area contributed by atoms with Gasteiger partial charge in [-0.2, -0.15) is 0 Å². The van der Waals surface area contributed by atoms with E-state index in [1.807, 2.05) is 0 Å². The molecule has 0 unspecified atom stereocenters. The lowest BCUT2D eigenvalue weighted by Gasteiger charge is -1.93. The summed E-state index contributed by atoms with van der Waals surface area (Å²) in [6.45, 7) is 0. The Labute approximate surface area is 90.9 Å². The molecule has 0 saturated carbocycles. The molecular weight excluding hydrogens is 232 g/mol. The number of nitrogens with one attached hydrogen (secondary N) is 1. The summed E-state index contributed by atoms with van der Waals surface area (Å²) in [5.74, 6) is -1.14. The molecule has 0 aliphatic heterocycles. The van der Waals surface area contributed by atoms with E-state index in [0.717, 1.165) is 6.26 Å². The van der Waals surface area contributed by atoms with E-state index in [9.17, 15) is 13.2 Å². The third kappa shape index (κ3) is 1.65. The average molecular weight is 240 g/mol. The monoisotopic (exact) mass is 240 g/mol. The number of aromatic amines is 1. The molecule has 1 aromatic carbocycles. The summed E-state index contributed by atoms with van der Waals surface area (Å²) in [7, 11) is -3.47. The van der Waals surface area contributed by atoms with Gasteiger partial charge >= 0.3 is 5.97 Å².